The van der Waals surface area contributed by atoms with Gasteiger partial charge in [-0.2, -0.15) is 0 Å². The number of nitrogens with two attached hydrogens (primary N) is 1. The maximum Gasteiger partial charge on any atom is 0.311 e. The smallest absolute Gasteiger partial charge is 0.311 e. The molecule has 2 aromatic carbocycles. The minimum Gasteiger partial charge on any atom is -0.450 e. The van der Waals surface area contributed by atoms with Gasteiger partial charge in [0.05, 0.1) is 4.92 Å². The van der Waals surface area contributed by atoms with Gasteiger partial charge in [-0.05, 0) is 23.8 Å². The van der Waals surface area contributed by atoms with Crippen LogP contribution >= 0.6 is 12.4 Å². The van der Waals surface area contributed by atoms with Crippen molar-refractivity contribution in [2.75, 3.05) is 0 Å². The molecule has 2 rings (SSSR count). The Morgan fingerprint density at radius 1 is 1.25 bits per heavy atom. The van der Waals surface area contributed by atoms with Gasteiger partial charge in [-0.15, -0.1) is 12.4 Å². The van der Waals surface area contributed by atoms with Crippen molar-refractivity contribution >= 4 is 18.1 Å². The fraction of sp³-hybridized carbons (Fsp3) is 0.0769. The van der Waals surface area contributed by atoms with E-state index in [1.54, 1.807) is 24.3 Å². The number of nitrogens with zero attached hydrogens (tertiary/aromatic N) is 1. The quantitative estimate of drug-likeness (QED) is 0.693. The van der Waals surface area contributed by atoms with Crippen LogP contribution in [0.1, 0.15) is 5.56 Å². The molecule has 5 nitrogen and oxygen atoms in total. The van der Waals surface area contributed by atoms with Gasteiger partial charge in [0.1, 0.15) is 11.6 Å². The van der Waals surface area contributed by atoms with Crippen LogP contribution in [0.4, 0.5) is 10.1 Å². The summed E-state index contributed by atoms with van der Waals surface area (Å²) in [5, 5.41) is 10.8. The summed E-state index contributed by atoms with van der Waals surface area (Å²) in [5.41, 5.74) is 6.01. The van der Waals surface area contributed by atoms with E-state index in [2.05, 4.69) is 0 Å². The summed E-state index contributed by atoms with van der Waals surface area (Å²) < 4.78 is 18.5. The molecule has 0 unspecified atom stereocenters. The van der Waals surface area contributed by atoms with Crippen molar-refractivity contribution in [2.24, 2.45) is 5.73 Å². The van der Waals surface area contributed by atoms with E-state index in [-0.39, 0.29) is 23.8 Å². The lowest BCUT2D eigenvalue weighted by atomic mass is 10.2. The van der Waals surface area contributed by atoms with Crippen molar-refractivity contribution in [1.82, 2.24) is 0 Å². The molecule has 0 saturated carbocycles. The van der Waals surface area contributed by atoms with Crippen LogP contribution in [0, 0.1) is 15.9 Å². The average molecular weight is 299 g/mol. The molecule has 0 aromatic heterocycles. The first-order valence-electron chi connectivity index (χ1n) is 5.51. The number of ether oxygens (including phenoxy) is 1. The Kier molecular flexibility index (Phi) is 5.42. The molecule has 0 bridgehead atoms. The van der Waals surface area contributed by atoms with Gasteiger partial charge in [0.2, 0.25) is 5.75 Å². The second kappa shape index (κ2) is 6.83. The van der Waals surface area contributed by atoms with Gasteiger partial charge in [0, 0.05) is 18.7 Å². The highest BCUT2D eigenvalue weighted by Crippen LogP contribution is 2.32. The molecule has 20 heavy (non-hydrogen) atoms. The molecule has 0 radical (unpaired) electrons. The summed E-state index contributed by atoms with van der Waals surface area (Å²) in [6.45, 7) is 0.322. The molecule has 0 aliphatic rings. The van der Waals surface area contributed by atoms with E-state index in [0.29, 0.717) is 12.3 Å². The molecule has 106 valence electrons. The highest BCUT2D eigenvalue weighted by Gasteiger charge is 2.16. The number of hydrogen-bond donors (Lipinski definition) is 1. The molecule has 0 fully saturated rings. The van der Waals surface area contributed by atoms with Crippen LogP contribution in [-0.2, 0) is 6.54 Å². The third-order valence-electron chi connectivity index (χ3n) is 2.48. The third kappa shape index (κ3) is 3.66. The molecule has 0 spiro atoms. The first-order chi connectivity index (χ1) is 9.10. The van der Waals surface area contributed by atoms with E-state index in [9.17, 15) is 14.5 Å². The summed E-state index contributed by atoms with van der Waals surface area (Å²) in [7, 11) is 0. The number of benzene rings is 2. The number of hydrogen-bond acceptors (Lipinski definition) is 4. The zero-order chi connectivity index (χ0) is 13.8. The monoisotopic (exact) mass is 298 g/mol. The lowest BCUT2D eigenvalue weighted by Gasteiger charge is -2.07. The predicted octanol–water partition coefficient (Wildman–Crippen LogP) is 3.41. The van der Waals surface area contributed by atoms with Crippen LogP contribution in [0.3, 0.4) is 0 Å². The SMILES string of the molecule is Cl.NCc1cccc(Oc2cc(F)ccc2[N+](=O)[O-])c1. The van der Waals surface area contributed by atoms with Gasteiger partial charge in [-0.25, -0.2) is 4.39 Å². The molecule has 0 heterocycles. The van der Waals surface area contributed by atoms with Crippen molar-refractivity contribution in [3.05, 3.63) is 64.0 Å². The lowest BCUT2D eigenvalue weighted by molar-refractivity contribution is -0.385. The maximum atomic E-state index is 13.1. The van der Waals surface area contributed by atoms with Gasteiger partial charge >= 0.3 is 5.69 Å². The molecule has 0 aliphatic heterocycles. The standard InChI is InChI=1S/C13H11FN2O3.ClH/c14-10-4-5-12(16(17)18)13(7-10)19-11-3-1-2-9(6-11)8-15;/h1-7H,8,15H2;1H. The van der Waals surface area contributed by atoms with E-state index >= 15 is 0 Å². The summed E-state index contributed by atoms with van der Waals surface area (Å²) >= 11 is 0. The predicted molar refractivity (Wildman–Crippen MR) is 74.7 cm³/mol. The molecule has 2 aromatic rings. The average Bonchev–Trinajstić information content (AvgIpc) is 2.38. The van der Waals surface area contributed by atoms with Gasteiger partial charge in [0.15, 0.2) is 0 Å². The normalized spacial score (nSPS) is 9.70. The molecule has 2 N–H and O–H groups in total. The van der Waals surface area contributed by atoms with Crippen LogP contribution < -0.4 is 10.5 Å². The largest absolute Gasteiger partial charge is 0.450 e. The second-order valence-corrected chi connectivity index (χ2v) is 3.82. The Morgan fingerprint density at radius 2 is 2.00 bits per heavy atom. The summed E-state index contributed by atoms with van der Waals surface area (Å²) in [6, 6.07) is 9.84. The van der Waals surface area contributed by atoms with Crippen LogP contribution in [0.5, 0.6) is 11.5 Å². The highest BCUT2D eigenvalue weighted by atomic mass is 35.5. The maximum absolute atomic E-state index is 13.1. The minimum atomic E-state index is -0.623. The number of rotatable bonds is 4. The lowest BCUT2D eigenvalue weighted by Crippen LogP contribution is -1.97. The van der Waals surface area contributed by atoms with Gasteiger partial charge in [0.25, 0.3) is 0 Å². The Morgan fingerprint density at radius 3 is 2.65 bits per heavy atom. The van der Waals surface area contributed by atoms with Gasteiger partial charge in [-0.1, -0.05) is 12.1 Å². The Bertz CT molecular complexity index is 622. The highest BCUT2D eigenvalue weighted by molar-refractivity contribution is 5.85. The van der Waals surface area contributed by atoms with Crippen molar-refractivity contribution < 1.29 is 14.1 Å². The summed E-state index contributed by atoms with van der Waals surface area (Å²) in [4.78, 5) is 10.2. The van der Waals surface area contributed by atoms with Gasteiger partial charge in [-0.3, -0.25) is 10.1 Å². The van der Waals surface area contributed by atoms with Crippen LogP contribution in [-0.4, -0.2) is 4.92 Å². The third-order valence-corrected chi connectivity index (χ3v) is 2.48. The van der Waals surface area contributed by atoms with Crippen molar-refractivity contribution in [1.29, 1.82) is 0 Å². The summed E-state index contributed by atoms with van der Waals surface area (Å²) in [5.74, 6) is -0.369. The minimum absolute atomic E-state index is 0. The van der Waals surface area contributed by atoms with Crippen LogP contribution in [0.25, 0.3) is 0 Å². The molecule has 0 amide bonds. The zero-order valence-electron chi connectivity index (χ0n) is 10.3. The van der Waals surface area contributed by atoms with Crippen LogP contribution in [0.2, 0.25) is 0 Å². The molecule has 7 heteroatoms. The van der Waals surface area contributed by atoms with E-state index < -0.39 is 10.7 Å². The fourth-order valence-electron chi connectivity index (χ4n) is 1.58. The fourth-order valence-corrected chi connectivity index (χ4v) is 1.58. The first kappa shape index (κ1) is 15.9. The van der Waals surface area contributed by atoms with Crippen molar-refractivity contribution in [2.45, 2.75) is 6.54 Å². The van der Waals surface area contributed by atoms with E-state index in [1.165, 1.54) is 0 Å². The topological polar surface area (TPSA) is 78.4 Å². The molecular weight excluding hydrogens is 287 g/mol. The van der Waals surface area contributed by atoms with Gasteiger partial charge < -0.3 is 10.5 Å². The molecule has 0 atom stereocenters. The Balaban J connectivity index is 0.00000200. The van der Waals surface area contributed by atoms with Crippen molar-refractivity contribution in [3.63, 3.8) is 0 Å². The van der Waals surface area contributed by atoms with E-state index in [4.69, 9.17) is 10.5 Å². The second-order valence-electron chi connectivity index (χ2n) is 3.82. The zero-order valence-corrected chi connectivity index (χ0v) is 11.1. The number of nitro groups is 1. The number of nitro benzene ring substituents is 1. The Hall–Kier alpha value is -2.18. The van der Waals surface area contributed by atoms with Crippen LogP contribution in [0.15, 0.2) is 42.5 Å². The van der Waals surface area contributed by atoms with E-state index in [1.807, 2.05) is 0 Å². The van der Waals surface area contributed by atoms with Crippen molar-refractivity contribution in [3.8, 4) is 11.5 Å². The Labute approximate surface area is 120 Å². The first-order valence-corrected chi connectivity index (χ1v) is 5.51. The number of halogens is 2. The summed E-state index contributed by atoms with van der Waals surface area (Å²) in [6.07, 6.45) is 0. The van der Waals surface area contributed by atoms with E-state index in [0.717, 1.165) is 23.8 Å². The molecule has 0 saturated heterocycles. The molecular formula is C13H12ClFN2O3. The molecule has 0 aliphatic carbocycles.